The van der Waals surface area contributed by atoms with E-state index in [1.54, 1.807) is 0 Å². The summed E-state index contributed by atoms with van der Waals surface area (Å²) in [6.07, 6.45) is 2.36. The van der Waals surface area contributed by atoms with Gasteiger partial charge in [0.1, 0.15) is 11.3 Å². The fourth-order valence-electron chi connectivity index (χ4n) is 2.36. The van der Waals surface area contributed by atoms with Crippen molar-refractivity contribution in [1.82, 2.24) is 9.97 Å². The van der Waals surface area contributed by atoms with E-state index in [9.17, 15) is 0 Å². The van der Waals surface area contributed by atoms with Gasteiger partial charge in [-0.1, -0.05) is 25.4 Å². The Bertz CT molecular complexity index is 397. The van der Waals surface area contributed by atoms with Crippen molar-refractivity contribution in [2.75, 3.05) is 0 Å². The van der Waals surface area contributed by atoms with Gasteiger partial charge in [-0.05, 0) is 32.6 Å². The van der Waals surface area contributed by atoms with Gasteiger partial charge in [-0.2, -0.15) is 0 Å². The molecule has 1 aliphatic rings. The van der Waals surface area contributed by atoms with Crippen LogP contribution in [0.4, 0.5) is 0 Å². The summed E-state index contributed by atoms with van der Waals surface area (Å²) in [6, 6.07) is 0. The predicted octanol–water partition coefficient (Wildman–Crippen LogP) is 3.80. The molecular weight excluding hydrogens is 236 g/mol. The fraction of sp³-hybridized carbons (Fsp3) is 0.692. The Morgan fingerprint density at radius 1 is 1.29 bits per heavy atom. The smallest absolute Gasteiger partial charge is 0.159 e. The van der Waals surface area contributed by atoms with Crippen LogP contribution in [0.5, 0.6) is 0 Å². The average Bonchev–Trinajstić information content (AvgIpc) is 2.63. The Balaban J connectivity index is 2.32. The van der Waals surface area contributed by atoms with E-state index in [0.29, 0.717) is 17.2 Å². The van der Waals surface area contributed by atoms with Crippen molar-refractivity contribution >= 4 is 11.6 Å². The Kier molecular flexibility index (Phi) is 3.69. The van der Waals surface area contributed by atoms with Crippen LogP contribution in [-0.2, 0) is 4.74 Å². The van der Waals surface area contributed by atoms with Gasteiger partial charge in [0.25, 0.3) is 0 Å². The lowest BCUT2D eigenvalue weighted by atomic mass is 10.0. The molecule has 0 spiro atoms. The topological polar surface area (TPSA) is 35.0 Å². The van der Waals surface area contributed by atoms with E-state index in [0.717, 1.165) is 29.9 Å². The second-order valence-corrected chi connectivity index (χ2v) is 5.40. The summed E-state index contributed by atoms with van der Waals surface area (Å²) in [4.78, 5) is 8.95. The lowest BCUT2D eigenvalue weighted by Crippen LogP contribution is -2.09. The number of rotatable bonds is 2. The summed E-state index contributed by atoms with van der Waals surface area (Å²) in [5, 5.41) is 0.575. The fourth-order valence-corrected chi connectivity index (χ4v) is 2.80. The van der Waals surface area contributed by atoms with Gasteiger partial charge in [0.05, 0.1) is 6.10 Å². The first kappa shape index (κ1) is 12.8. The van der Waals surface area contributed by atoms with Crippen LogP contribution in [0.15, 0.2) is 0 Å². The summed E-state index contributed by atoms with van der Waals surface area (Å²) in [7, 11) is 0. The van der Waals surface area contributed by atoms with Gasteiger partial charge in [0.2, 0.25) is 0 Å². The molecule has 0 saturated carbocycles. The number of aromatic nitrogens is 2. The highest BCUT2D eigenvalue weighted by atomic mass is 35.5. The van der Waals surface area contributed by atoms with Gasteiger partial charge in [-0.3, -0.25) is 0 Å². The minimum Gasteiger partial charge on any atom is -0.367 e. The van der Waals surface area contributed by atoms with E-state index < -0.39 is 0 Å². The van der Waals surface area contributed by atoms with Crippen LogP contribution in [0.2, 0.25) is 5.15 Å². The summed E-state index contributed by atoms with van der Waals surface area (Å²) >= 11 is 6.24. The summed E-state index contributed by atoms with van der Waals surface area (Å²) in [5.74, 6) is 1.08. The molecule has 94 valence electrons. The lowest BCUT2D eigenvalue weighted by Gasteiger charge is -2.15. The van der Waals surface area contributed by atoms with Crippen LogP contribution in [0.3, 0.4) is 0 Å². The first-order valence-electron chi connectivity index (χ1n) is 6.18. The molecule has 0 bridgehead atoms. The number of halogens is 1. The van der Waals surface area contributed by atoms with E-state index in [-0.39, 0.29) is 6.10 Å². The van der Waals surface area contributed by atoms with Crippen molar-refractivity contribution < 1.29 is 4.74 Å². The predicted molar refractivity (Wildman–Crippen MR) is 68.4 cm³/mol. The molecular formula is C13H19ClN2O. The molecule has 0 amide bonds. The molecule has 0 aromatic carbocycles. The molecule has 3 nitrogen and oxygen atoms in total. The highest BCUT2D eigenvalue weighted by Crippen LogP contribution is 2.33. The van der Waals surface area contributed by atoms with Gasteiger partial charge in [-0.15, -0.1) is 0 Å². The van der Waals surface area contributed by atoms with Crippen molar-refractivity contribution in [1.29, 1.82) is 0 Å². The van der Waals surface area contributed by atoms with Crippen LogP contribution in [0.1, 0.15) is 62.7 Å². The molecule has 0 aliphatic carbocycles. The van der Waals surface area contributed by atoms with Crippen LogP contribution >= 0.6 is 11.6 Å². The highest BCUT2D eigenvalue weighted by Gasteiger charge is 2.27. The molecule has 0 radical (unpaired) electrons. The highest BCUT2D eigenvalue weighted by molar-refractivity contribution is 6.30. The maximum atomic E-state index is 6.24. The molecule has 2 atom stereocenters. The van der Waals surface area contributed by atoms with Crippen molar-refractivity contribution in [3.63, 3.8) is 0 Å². The summed E-state index contributed by atoms with van der Waals surface area (Å²) in [6.45, 7) is 8.28. The van der Waals surface area contributed by atoms with E-state index in [1.807, 2.05) is 6.92 Å². The third kappa shape index (κ3) is 2.61. The average molecular weight is 255 g/mol. The second kappa shape index (κ2) is 4.91. The molecule has 2 heterocycles. The van der Waals surface area contributed by atoms with Crippen LogP contribution < -0.4 is 0 Å². The number of aryl methyl sites for hydroxylation is 1. The van der Waals surface area contributed by atoms with Gasteiger partial charge < -0.3 is 4.74 Å². The zero-order valence-electron chi connectivity index (χ0n) is 10.8. The molecule has 1 saturated heterocycles. The molecule has 2 unspecified atom stereocenters. The quantitative estimate of drug-likeness (QED) is 0.753. The van der Waals surface area contributed by atoms with Crippen LogP contribution in [0.25, 0.3) is 0 Å². The largest absolute Gasteiger partial charge is 0.367 e. The monoisotopic (exact) mass is 254 g/mol. The summed E-state index contributed by atoms with van der Waals surface area (Å²) in [5.41, 5.74) is 2.01. The molecule has 2 rings (SSSR count). The lowest BCUT2D eigenvalue weighted by molar-refractivity contribution is 0.0501. The van der Waals surface area contributed by atoms with Crippen molar-refractivity contribution in [3.05, 3.63) is 22.2 Å². The number of nitrogens with zero attached hydrogens (tertiary/aromatic N) is 2. The molecule has 1 aromatic heterocycles. The standard InChI is InChI=1S/C13H19ClN2O/c1-7(2)11-9(4)15-13(16-12(11)14)10-6-5-8(3)17-10/h7-8,10H,5-6H2,1-4H3. The van der Waals surface area contributed by atoms with Crippen LogP contribution in [0, 0.1) is 6.92 Å². The molecule has 0 N–H and O–H groups in total. The second-order valence-electron chi connectivity index (χ2n) is 5.04. The normalized spacial score (nSPS) is 24.6. The minimum absolute atomic E-state index is 0.0161. The summed E-state index contributed by atoms with van der Waals surface area (Å²) < 4.78 is 5.77. The van der Waals surface area contributed by atoms with Gasteiger partial charge in [0, 0.05) is 11.3 Å². The number of hydrogen-bond donors (Lipinski definition) is 0. The first-order chi connectivity index (χ1) is 7.99. The van der Waals surface area contributed by atoms with Crippen LogP contribution in [-0.4, -0.2) is 16.1 Å². The van der Waals surface area contributed by atoms with Crippen molar-refractivity contribution in [2.24, 2.45) is 0 Å². The molecule has 4 heteroatoms. The van der Waals surface area contributed by atoms with Gasteiger partial charge in [-0.25, -0.2) is 9.97 Å². The third-order valence-corrected chi connectivity index (χ3v) is 3.49. The third-order valence-electron chi connectivity index (χ3n) is 3.20. The Hall–Kier alpha value is -0.670. The maximum Gasteiger partial charge on any atom is 0.159 e. The van der Waals surface area contributed by atoms with E-state index in [4.69, 9.17) is 16.3 Å². The van der Waals surface area contributed by atoms with Crippen molar-refractivity contribution in [2.45, 2.75) is 58.7 Å². The minimum atomic E-state index is 0.0161. The van der Waals surface area contributed by atoms with Crippen molar-refractivity contribution in [3.8, 4) is 0 Å². The molecule has 1 aromatic rings. The van der Waals surface area contributed by atoms with Gasteiger partial charge >= 0.3 is 0 Å². The Labute approximate surface area is 108 Å². The number of hydrogen-bond acceptors (Lipinski definition) is 3. The van der Waals surface area contributed by atoms with E-state index >= 15 is 0 Å². The molecule has 1 aliphatic heterocycles. The molecule has 1 fully saturated rings. The van der Waals surface area contributed by atoms with Gasteiger partial charge in [0.15, 0.2) is 5.82 Å². The van der Waals surface area contributed by atoms with E-state index in [1.165, 1.54) is 0 Å². The Morgan fingerprint density at radius 3 is 2.47 bits per heavy atom. The first-order valence-corrected chi connectivity index (χ1v) is 6.56. The Morgan fingerprint density at radius 2 is 2.00 bits per heavy atom. The zero-order chi connectivity index (χ0) is 12.6. The molecule has 17 heavy (non-hydrogen) atoms. The SMILES string of the molecule is Cc1nc(C2CCC(C)O2)nc(Cl)c1C(C)C. The van der Waals surface area contributed by atoms with E-state index in [2.05, 4.69) is 30.7 Å². The zero-order valence-corrected chi connectivity index (χ0v) is 11.6. The number of ether oxygens (including phenoxy) is 1. The maximum absolute atomic E-state index is 6.24.